The maximum atomic E-state index is 5.17. The van der Waals surface area contributed by atoms with Gasteiger partial charge in [-0.3, -0.25) is 0 Å². The second-order valence-corrected chi connectivity index (χ2v) is 4.32. The third kappa shape index (κ3) is 2.49. The molecule has 1 fully saturated rings. The average molecular weight is 257 g/mol. The molecule has 1 saturated heterocycles. The fourth-order valence-corrected chi connectivity index (χ4v) is 2.02. The summed E-state index contributed by atoms with van der Waals surface area (Å²) in [5.74, 6) is 0.886. The van der Waals surface area contributed by atoms with E-state index in [1.165, 1.54) is 5.56 Å². The van der Waals surface area contributed by atoms with Crippen LogP contribution in [0, 0.1) is 0 Å². The molecule has 14 heavy (non-hydrogen) atoms. The quantitative estimate of drug-likeness (QED) is 0.773. The Morgan fingerprint density at radius 2 is 2.36 bits per heavy atom. The lowest BCUT2D eigenvalue weighted by Crippen LogP contribution is -1.92. The second kappa shape index (κ2) is 4.32. The minimum atomic E-state index is 0.510. The van der Waals surface area contributed by atoms with Crippen LogP contribution in [-0.4, -0.2) is 19.8 Å². The van der Waals surface area contributed by atoms with Crippen molar-refractivity contribution in [2.24, 2.45) is 0 Å². The Bertz CT molecular complexity index is 321. The third-order valence-corrected chi connectivity index (χ3v) is 2.99. The van der Waals surface area contributed by atoms with E-state index in [0.29, 0.717) is 6.10 Å². The Hall–Kier alpha value is -0.540. The minimum Gasteiger partial charge on any atom is -0.496 e. The fourth-order valence-electron chi connectivity index (χ4n) is 1.43. The average Bonchev–Trinajstić information content (AvgIpc) is 2.98. The van der Waals surface area contributed by atoms with Crippen molar-refractivity contribution in [1.29, 1.82) is 0 Å². The Kier molecular flexibility index (Phi) is 3.08. The maximum Gasteiger partial charge on any atom is 0.133 e. The number of ether oxygens (including phenoxy) is 2. The van der Waals surface area contributed by atoms with Crippen LogP contribution in [0.4, 0.5) is 0 Å². The summed E-state index contributed by atoms with van der Waals surface area (Å²) in [4.78, 5) is 0. The maximum absolute atomic E-state index is 5.17. The highest BCUT2D eigenvalue weighted by atomic mass is 79.9. The van der Waals surface area contributed by atoms with E-state index in [1.807, 2.05) is 6.07 Å². The number of benzene rings is 1. The van der Waals surface area contributed by atoms with Crippen molar-refractivity contribution < 1.29 is 9.47 Å². The normalized spacial score (nSPS) is 19.4. The zero-order valence-corrected chi connectivity index (χ0v) is 9.71. The van der Waals surface area contributed by atoms with Crippen LogP contribution < -0.4 is 4.74 Å². The molecule has 1 aliphatic rings. The van der Waals surface area contributed by atoms with Crippen LogP contribution in [0.15, 0.2) is 22.7 Å². The Morgan fingerprint density at radius 3 is 2.93 bits per heavy atom. The number of hydrogen-bond acceptors (Lipinski definition) is 2. The van der Waals surface area contributed by atoms with Gasteiger partial charge in [-0.1, -0.05) is 6.07 Å². The lowest BCUT2D eigenvalue weighted by molar-refractivity contribution is 0.396. The number of hydrogen-bond donors (Lipinski definition) is 0. The number of halogens is 1. The summed E-state index contributed by atoms with van der Waals surface area (Å²) < 4.78 is 11.4. The molecule has 3 heteroatoms. The molecule has 0 aromatic heterocycles. The van der Waals surface area contributed by atoms with Gasteiger partial charge in [-0.25, -0.2) is 0 Å². The van der Waals surface area contributed by atoms with Gasteiger partial charge in [-0.05, 0) is 46.5 Å². The highest BCUT2D eigenvalue weighted by Gasteiger charge is 2.21. The van der Waals surface area contributed by atoms with Crippen LogP contribution in [0.5, 0.6) is 5.75 Å². The van der Waals surface area contributed by atoms with E-state index in [9.17, 15) is 0 Å². The Balaban J connectivity index is 1.99. The van der Waals surface area contributed by atoms with E-state index in [4.69, 9.17) is 9.47 Å². The zero-order chi connectivity index (χ0) is 9.97. The van der Waals surface area contributed by atoms with Gasteiger partial charge in [0.05, 0.1) is 24.3 Å². The molecule has 1 unspecified atom stereocenters. The Labute approximate surface area is 92.3 Å². The number of aryl methyl sites for hydroxylation is 1. The number of epoxide rings is 1. The van der Waals surface area contributed by atoms with Crippen LogP contribution in [0.1, 0.15) is 12.0 Å². The van der Waals surface area contributed by atoms with Crippen molar-refractivity contribution >= 4 is 15.9 Å². The predicted molar refractivity (Wildman–Crippen MR) is 58.8 cm³/mol. The van der Waals surface area contributed by atoms with E-state index < -0.39 is 0 Å². The van der Waals surface area contributed by atoms with Gasteiger partial charge in [0.1, 0.15) is 5.75 Å². The van der Waals surface area contributed by atoms with Gasteiger partial charge in [-0.15, -0.1) is 0 Å². The molecule has 0 aliphatic carbocycles. The highest BCUT2D eigenvalue weighted by molar-refractivity contribution is 9.10. The topological polar surface area (TPSA) is 21.8 Å². The van der Waals surface area contributed by atoms with E-state index in [0.717, 1.165) is 29.7 Å². The van der Waals surface area contributed by atoms with Crippen molar-refractivity contribution in [1.82, 2.24) is 0 Å². The molecule has 76 valence electrons. The molecule has 1 atom stereocenters. The van der Waals surface area contributed by atoms with Gasteiger partial charge in [0.25, 0.3) is 0 Å². The summed E-state index contributed by atoms with van der Waals surface area (Å²) >= 11 is 3.47. The summed E-state index contributed by atoms with van der Waals surface area (Å²) in [6.07, 6.45) is 2.71. The molecule has 0 radical (unpaired) electrons. The lowest BCUT2D eigenvalue weighted by atomic mass is 10.1. The third-order valence-electron chi connectivity index (χ3n) is 2.37. The molecule has 2 nitrogen and oxygen atoms in total. The van der Waals surface area contributed by atoms with Crippen LogP contribution in [0.2, 0.25) is 0 Å². The Morgan fingerprint density at radius 1 is 1.57 bits per heavy atom. The van der Waals surface area contributed by atoms with Crippen molar-refractivity contribution in [3.63, 3.8) is 0 Å². The van der Waals surface area contributed by atoms with Gasteiger partial charge in [-0.2, -0.15) is 0 Å². The first-order valence-electron chi connectivity index (χ1n) is 4.73. The molecule has 1 heterocycles. The fraction of sp³-hybridized carbons (Fsp3) is 0.455. The van der Waals surface area contributed by atoms with E-state index in [-0.39, 0.29) is 0 Å². The summed E-state index contributed by atoms with van der Waals surface area (Å²) in [5.41, 5.74) is 1.33. The molecule has 0 spiro atoms. The van der Waals surface area contributed by atoms with Crippen molar-refractivity contribution in [2.75, 3.05) is 13.7 Å². The molecule has 0 bridgehead atoms. The first-order chi connectivity index (χ1) is 6.79. The summed E-state index contributed by atoms with van der Waals surface area (Å²) in [6, 6.07) is 6.21. The minimum absolute atomic E-state index is 0.510. The highest BCUT2D eigenvalue weighted by Crippen LogP contribution is 2.26. The molecule has 1 aliphatic heterocycles. The monoisotopic (exact) mass is 256 g/mol. The van der Waals surface area contributed by atoms with E-state index >= 15 is 0 Å². The molecule has 1 aromatic carbocycles. The molecular weight excluding hydrogens is 244 g/mol. The molecule has 0 amide bonds. The summed E-state index contributed by atoms with van der Waals surface area (Å²) in [6.45, 7) is 0.942. The van der Waals surface area contributed by atoms with E-state index in [1.54, 1.807) is 7.11 Å². The van der Waals surface area contributed by atoms with Crippen molar-refractivity contribution in [2.45, 2.75) is 18.9 Å². The van der Waals surface area contributed by atoms with Gasteiger partial charge in [0, 0.05) is 0 Å². The van der Waals surface area contributed by atoms with Crippen LogP contribution in [0.3, 0.4) is 0 Å². The standard InChI is InChI=1S/C11H13BrO2/c1-13-11-5-3-8(6-10(11)12)2-4-9-7-14-9/h3,5-6,9H,2,4,7H2,1H3. The smallest absolute Gasteiger partial charge is 0.133 e. The molecule has 0 saturated carbocycles. The van der Waals surface area contributed by atoms with E-state index in [2.05, 4.69) is 28.1 Å². The second-order valence-electron chi connectivity index (χ2n) is 3.46. The summed E-state index contributed by atoms with van der Waals surface area (Å²) in [5, 5.41) is 0. The molecule has 2 rings (SSSR count). The summed E-state index contributed by atoms with van der Waals surface area (Å²) in [7, 11) is 1.68. The molecule has 1 aromatic rings. The predicted octanol–water partition coefficient (Wildman–Crippen LogP) is 2.79. The SMILES string of the molecule is COc1ccc(CCC2CO2)cc1Br. The number of rotatable bonds is 4. The van der Waals surface area contributed by atoms with Gasteiger partial charge in [0.15, 0.2) is 0 Å². The molecule has 0 N–H and O–H groups in total. The first-order valence-corrected chi connectivity index (χ1v) is 5.53. The van der Waals surface area contributed by atoms with Gasteiger partial charge >= 0.3 is 0 Å². The van der Waals surface area contributed by atoms with Gasteiger partial charge in [0.2, 0.25) is 0 Å². The largest absolute Gasteiger partial charge is 0.496 e. The first kappa shape index (κ1) is 9.99. The van der Waals surface area contributed by atoms with Gasteiger partial charge < -0.3 is 9.47 Å². The number of methoxy groups -OCH3 is 1. The van der Waals surface area contributed by atoms with Crippen LogP contribution in [0.25, 0.3) is 0 Å². The molecular formula is C11H13BrO2. The lowest BCUT2D eigenvalue weighted by Gasteiger charge is -2.05. The van der Waals surface area contributed by atoms with Crippen molar-refractivity contribution in [3.8, 4) is 5.75 Å². The zero-order valence-electron chi connectivity index (χ0n) is 8.13. The van der Waals surface area contributed by atoms with Crippen LogP contribution in [-0.2, 0) is 11.2 Å². The van der Waals surface area contributed by atoms with Crippen LogP contribution >= 0.6 is 15.9 Å². The van der Waals surface area contributed by atoms with Crippen molar-refractivity contribution in [3.05, 3.63) is 28.2 Å².